The second-order valence-corrected chi connectivity index (χ2v) is 5.50. The molecule has 0 saturated heterocycles. The Morgan fingerprint density at radius 2 is 2.17 bits per heavy atom. The monoisotopic (exact) mass is 329 g/mol. The maximum absolute atomic E-state index is 11.9. The largest absolute Gasteiger partial charge is 0.467 e. The topological polar surface area (TPSA) is 106 Å². The first kappa shape index (κ1) is 16.0. The summed E-state index contributed by atoms with van der Waals surface area (Å²) in [5.74, 6) is 1.46. The van der Waals surface area contributed by atoms with E-state index in [1.807, 2.05) is 13.8 Å². The van der Waals surface area contributed by atoms with Crippen LogP contribution in [0.1, 0.15) is 22.8 Å². The molecule has 0 fully saturated rings. The van der Waals surface area contributed by atoms with Gasteiger partial charge in [0.1, 0.15) is 17.0 Å². The number of aryl methyl sites for hydroxylation is 3. The molecule has 3 aromatic heterocycles. The average Bonchev–Trinajstić information content (AvgIpc) is 3.14. The number of furan rings is 1. The number of carbonyl (C=O) groups excluding carboxylic acids is 1. The maximum atomic E-state index is 11.9. The summed E-state index contributed by atoms with van der Waals surface area (Å²) in [4.78, 5) is 27.4. The van der Waals surface area contributed by atoms with Gasteiger partial charge in [-0.3, -0.25) is 4.79 Å². The zero-order valence-electron chi connectivity index (χ0n) is 13.8. The minimum absolute atomic E-state index is 0.113. The summed E-state index contributed by atoms with van der Waals surface area (Å²) in [5, 5.41) is 3.51. The molecule has 0 atom stereocenters. The lowest BCUT2D eigenvalue weighted by molar-refractivity contribution is -0.123. The van der Waals surface area contributed by atoms with Crippen molar-refractivity contribution in [3.63, 3.8) is 0 Å². The predicted molar refractivity (Wildman–Crippen MR) is 86.8 cm³/mol. The van der Waals surface area contributed by atoms with Gasteiger partial charge in [-0.1, -0.05) is 0 Å². The number of H-pyrrole nitrogens is 1. The number of carbonyl (C=O) groups is 1. The highest BCUT2D eigenvalue weighted by Crippen LogP contribution is 2.30. The minimum atomic E-state index is -0.211. The van der Waals surface area contributed by atoms with Gasteiger partial charge in [-0.2, -0.15) is 9.97 Å². The van der Waals surface area contributed by atoms with Crippen molar-refractivity contribution >= 4 is 17.0 Å². The Morgan fingerprint density at radius 3 is 2.92 bits per heavy atom. The molecule has 0 aliphatic rings. The molecule has 3 aromatic rings. The number of imidazole rings is 1. The molecular formula is C16H19N5O3. The van der Waals surface area contributed by atoms with Crippen LogP contribution < -0.4 is 10.1 Å². The molecule has 126 valence electrons. The third-order valence-electron chi connectivity index (χ3n) is 3.72. The molecule has 0 aliphatic heterocycles. The van der Waals surface area contributed by atoms with Crippen LogP contribution in [0, 0.1) is 20.8 Å². The summed E-state index contributed by atoms with van der Waals surface area (Å²) >= 11 is 0. The first-order chi connectivity index (χ1) is 11.5. The fourth-order valence-corrected chi connectivity index (χ4v) is 2.36. The van der Waals surface area contributed by atoms with Crippen molar-refractivity contribution < 1.29 is 13.9 Å². The lowest BCUT2D eigenvalue weighted by Crippen LogP contribution is -2.30. The van der Waals surface area contributed by atoms with Crippen LogP contribution in [-0.2, 0) is 11.2 Å². The predicted octanol–water partition coefficient (Wildman–Crippen LogP) is 1.61. The van der Waals surface area contributed by atoms with Crippen LogP contribution in [0.5, 0.6) is 5.88 Å². The van der Waals surface area contributed by atoms with E-state index >= 15 is 0 Å². The maximum Gasteiger partial charge on any atom is 0.258 e. The molecule has 8 heteroatoms. The van der Waals surface area contributed by atoms with Crippen LogP contribution in [0.15, 0.2) is 16.9 Å². The van der Waals surface area contributed by atoms with E-state index in [4.69, 9.17) is 9.15 Å². The Labute approximate surface area is 138 Å². The summed E-state index contributed by atoms with van der Waals surface area (Å²) < 4.78 is 11.2. The first-order valence-corrected chi connectivity index (χ1v) is 7.65. The van der Waals surface area contributed by atoms with Crippen LogP contribution >= 0.6 is 0 Å². The quantitative estimate of drug-likeness (QED) is 0.711. The summed E-state index contributed by atoms with van der Waals surface area (Å²) in [7, 11) is 0. The SMILES string of the molecule is Cc1nc(OCC(=O)NCCc2cnc[nH]2)c2c(C)c(C)oc2n1. The standard InChI is InChI=1S/C16H19N5O3/c1-9-10(2)24-16-14(9)15(20-11(3)21-16)23-7-13(22)18-5-4-12-6-17-8-19-12/h6,8H,4-5,7H2,1-3H3,(H,17,19)(H,18,22). The van der Waals surface area contributed by atoms with Crippen LogP contribution in [0.4, 0.5) is 0 Å². The molecular weight excluding hydrogens is 310 g/mol. The lowest BCUT2D eigenvalue weighted by atomic mass is 10.2. The van der Waals surface area contributed by atoms with Gasteiger partial charge in [-0.25, -0.2) is 4.98 Å². The van der Waals surface area contributed by atoms with Crippen molar-refractivity contribution in [1.82, 2.24) is 25.3 Å². The third-order valence-corrected chi connectivity index (χ3v) is 3.72. The zero-order chi connectivity index (χ0) is 17.1. The summed E-state index contributed by atoms with van der Waals surface area (Å²) in [6.07, 6.45) is 4.02. The van der Waals surface area contributed by atoms with Crippen LogP contribution in [0.25, 0.3) is 11.1 Å². The second kappa shape index (κ2) is 6.69. The smallest absolute Gasteiger partial charge is 0.258 e. The van der Waals surface area contributed by atoms with Gasteiger partial charge in [0.05, 0.1) is 6.33 Å². The zero-order valence-corrected chi connectivity index (χ0v) is 13.8. The fraction of sp³-hybridized carbons (Fsp3) is 0.375. The number of nitrogens with zero attached hydrogens (tertiary/aromatic N) is 3. The molecule has 2 N–H and O–H groups in total. The molecule has 0 radical (unpaired) electrons. The van der Waals surface area contributed by atoms with E-state index in [2.05, 4.69) is 25.3 Å². The van der Waals surface area contributed by atoms with E-state index in [9.17, 15) is 4.79 Å². The molecule has 0 saturated carbocycles. The van der Waals surface area contributed by atoms with Gasteiger partial charge >= 0.3 is 0 Å². The van der Waals surface area contributed by atoms with Gasteiger partial charge in [0, 0.05) is 30.4 Å². The van der Waals surface area contributed by atoms with E-state index in [1.165, 1.54) is 0 Å². The molecule has 3 rings (SSSR count). The molecule has 0 unspecified atom stereocenters. The van der Waals surface area contributed by atoms with Gasteiger partial charge in [-0.15, -0.1) is 0 Å². The van der Waals surface area contributed by atoms with Crippen molar-refractivity contribution in [1.29, 1.82) is 0 Å². The molecule has 24 heavy (non-hydrogen) atoms. The number of hydrogen-bond acceptors (Lipinski definition) is 6. The van der Waals surface area contributed by atoms with Gasteiger partial charge in [-0.05, 0) is 20.8 Å². The van der Waals surface area contributed by atoms with Gasteiger partial charge in [0.15, 0.2) is 6.61 Å². The summed E-state index contributed by atoms with van der Waals surface area (Å²) in [6.45, 7) is 5.92. The second-order valence-electron chi connectivity index (χ2n) is 5.50. The lowest BCUT2D eigenvalue weighted by Gasteiger charge is -2.08. The van der Waals surface area contributed by atoms with Crippen molar-refractivity contribution in [2.45, 2.75) is 27.2 Å². The molecule has 0 bridgehead atoms. The number of fused-ring (bicyclic) bond motifs is 1. The third kappa shape index (κ3) is 3.37. The molecule has 3 heterocycles. The molecule has 0 spiro atoms. The van der Waals surface area contributed by atoms with Crippen molar-refractivity contribution in [2.75, 3.05) is 13.2 Å². The average molecular weight is 329 g/mol. The first-order valence-electron chi connectivity index (χ1n) is 7.65. The number of hydrogen-bond donors (Lipinski definition) is 2. The highest BCUT2D eigenvalue weighted by Gasteiger charge is 2.17. The Hall–Kier alpha value is -2.90. The van der Waals surface area contributed by atoms with Crippen LogP contribution in [0.3, 0.4) is 0 Å². The summed E-state index contributed by atoms with van der Waals surface area (Å²) in [5.41, 5.74) is 2.36. The Morgan fingerprint density at radius 1 is 1.33 bits per heavy atom. The fourth-order valence-electron chi connectivity index (χ4n) is 2.36. The molecule has 0 aromatic carbocycles. The van der Waals surface area contributed by atoms with Crippen molar-refractivity contribution in [2.24, 2.45) is 0 Å². The van der Waals surface area contributed by atoms with E-state index < -0.39 is 0 Å². The number of nitrogens with one attached hydrogen (secondary N) is 2. The summed E-state index contributed by atoms with van der Waals surface area (Å²) in [6, 6.07) is 0. The number of amides is 1. The number of aromatic amines is 1. The Bertz CT molecular complexity index is 854. The number of ether oxygens (including phenoxy) is 1. The number of aromatic nitrogens is 4. The van der Waals surface area contributed by atoms with E-state index in [-0.39, 0.29) is 12.5 Å². The van der Waals surface area contributed by atoms with Crippen LogP contribution in [-0.4, -0.2) is 39.0 Å². The number of rotatable bonds is 6. The van der Waals surface area contributed by atoms with Gasteiger partial charge in [0.25, 0.3) is 5.91 Å². The highest BCUT2D eigenvalue weighted by molar-refractivity contribution is 5.84. The van der Waals surface area contributed by atoms with E-state index in [0.29, 0.717) is 35.8 Å². The normalized spacial score (nSPS) is 11.0. The van der Waals surface area contributed by atoms with E-state index in [0.717, 1.165) is 17.0 Å². The molecule has 0 aliphatic carbocycles. The van der Waals surface area contributed by atoms with Gasteiger partial charge < -0.3 is 19.5 Å². The van der Waals surface area contributed by atoms with Crippen molar-refractivity contribution in [3.8, 4) is 5.88 Å². The van der Waals surface area contributed by atoms with Crippen LogP contribution in [0.2, 0.25) is 0 Å². The Balaban J connectivity index is 1.61. The Kier molecular flexibility index (Phi) is 4.45. The minimum Gasteiger partial charge on any atom is -0.467 e. The van der Waals surface area contributed by atoms with E-state index in [1.54, 1.807) is 19.4 Å². The molecule has 8 nitrogen and oxygen atoms in total. The highest BCUT2D eigenvalue weighted by atomic mass is 16.5. The van der Waals surface area contributed by atoms with Crippen molar-refractivity contribution in [3.05, 3.63) is 35.4 Å². The van der Waals surface area contributed by atoms with Gasteiger partial charge in [0.2, 0.25) is 11.6 Å². The molecule has 1 amide bonds.